The standard InChI is InChI=1S/C14H13N5O/c1-20-12-4-2-3-11(9-12)19-14(15)13(17-18-19)10-5-7-16-8-6-10/h2-9H,15H2,1H3. The number of methoxy groups -OCH3 is 1. The molecular formula is C14H13N5O. The smallest absolute Gasteiger partial charge is 0.155 e. The highest BCUT2D eigenvalue weighted by Gasteiger charge is 2.13. The van der Waals surface area contributed by atoms with E-state index in [0.29, 0.717) is 11.5 Å². The minimum atomic E-state index is 0.476. The van der Waals surface area contributed by atoms with Crippen molar-refractivity contribution in [1.29, 1.82) is 0 Å². The molecule has 0 aliphatic rings. The molecule has 2 heterocycles. The number of hydrogen-bond donors (Lipinski definition) is 1. The number of nitrogens with zero attached hydrogens (tertiary/aromatic N) is 4. The van der Waals surface area contributed by atoms with Crippen LogP contribution in [-0.2, 0) is 0 Å². The van der Waals surface area contributed by atoms with Crippen LogP contribution in [0.15, 0.2) is 48.8 Å². The fraction of sp³-hybridized carbons (Fsp3) is 0.0714. The molecule has 100 valence electrons. The second kappa shape index (κ2) is 5.00. The summed E-state index contributed by atoms with van der Waals surface area (Å²) in [5, 5.41) is 8.24. The Bertz CT molecular complexity index is 723. The lowest BCUT2D eigenvalue weighted by Crippen LogP contribution is -2.02. The van der Waals surface area contributed by atoms with Gasteiger partial charge < -0.3 is 10.5 Å². The second-order valence-electron chi connectivity index (χ2n) is 4.17. The zero-order chi connectivity index (χ0) is 13.9. The molecule has 6 heteroatoms. The van der Waals surface area contributed by atoms with Gasteiger partial charge in [0, 0.05) is 24.0 Å². The number of aromatic nitrogens is 4. The summed E-state index contributed by atoms with van der Waals surface area (Å²) in [6.45, 7) is 0. The largest absolute Gasteiger partial charge is 0.497 e. The van der Waals surface area contributed by atoms with Gasteiger partial charge in [-0.25, -0.2) is 0 Å². The summed E-state index contributed by atoms with van der Waals surface area (Å²) in [6, 6.07) is 11.2. The van der Waals surface area contributed by atoms with Gasteiger partial charge in [0.25, 0.3) is 0 Å². The summed E-state index contributed by atoms with van der Waals surface area (Å²) < 4.78 is 6.78. The van der Waals surface area contributed by atoms with Gasteiger partial charge in [0.05, 0.1) is 12.8 Å². The number of ether oxygens (including phenoxy) is 1. The van der Waals surface area contributed by atoms with E-state index in [2.05, 4.69) is 15.3 Å². The maximum atomic E-state index is 6.14. The first-order valence-corrected chi connectivity index (χ1v) is 6.05. The first-order valence-electron chi connectivity index (χ1n) is 6.05. The average Bonchev–Trinajstić information content (AvgIpc) is 2.90. The summed E-state index contributed by atoms with van der Waals surface area (Å²) in [5.41, 5.74) is 8.45. The van der Waals surface area contributed by atoms with Gasteiger partial charge in [-0.2, -0.15) is 4.68 Å². The molecule has 0 aliphatic carbocycles. The normalized spacial score (nSPS) is 10.4. The average molecular weight is 267 g/mol. The first-order chi connectivity index (χ1) is 9.79. The Labute approximate surface area is 115 Å². The van der Waals surface area contributed by atoms with E-state index >= 15 is 0 Å². The van der Waals surface area contributed by atoms with E-state index in [4.69, 9.17) is 10.5 Å². The van der Waals surface area contributed by atoms with Crippen LogP contribution in [-0.4, -0.2) is 27.1 Å². The molecule has 0 bridgehead atoms. The van der Waals surface area contributed by atoms with Crippen molar-refractivity contribution in [2.45, 2.75) is 0 Å². The summed E-state index contributed by atoms with van der Waals surface area (Å²) >= 11 is 0. The fourth-order valence-electron chi connectivity index (χ4n) is 1.94. The van der Waals surface area contributed by atoms with Crippen LogP contribution in [0.25, 0.3) is 16.9 Å². The zero-order valence-electron chi connectivity index (χ0n) is 10.9. The van der Waals surface area contributed by atoms with Crippen molar-refractivity contribution in [3.63, 3.8) is 0 Å². The lowest BCUT2D eigenvalue weighted by Gasteiger charge is -2.05. The number of nitrogen functional groups attached to an aromatic ring is 1. The van der Waals surface area contributed by atoms with E-state index in [0.717, 1.165) is 17.0 Å². The number of anilines is 1. The van der Waals surface area contributed by atoms with Crippen LogP contribution >= 0.6 is 0 Å². The zero-order valence-corrected chi connectivity index (χ0v) is 10.9. The van der Waals surface area contributed by atoms with Crippen LogP contribution in [0.3, 0.4) is 0 Å². The third-order valence-corrected chi connectivity index (χ3v) is 2.96. The molecule has 0 saturated heterocycles. The number of nitrogens with two attached hydrogens (primary N) is 1. The van der Waals surface area contributed by atoms with E-state index < -0.39 is 0 Å². The minimum absolute atomic E-state index is 0.476. The highest BCUT2D eigenvalue weighted by molar-refractivity contribution is 5.70. The van der Waals surface area contributed by atoms with Crippen LogP contribution in [0.5, 0.6) is 5.75 Å². The lowest BCUT2D eigenvalue weighted by atomic mass is 10.2. The van der Waals surface area contributed by atoms with Crippen molar-refractivity contribution in [3.05, 3.63) is 48.8 Å². The maximum Gasteiger partial charge on any atom is 0.155 e. The molecule has 3 aromatic rings. The topological polar surface area (TPSA) is 78.8 Å². The van der Waals surface area contributed by atoms with Gasteiger partial charge in [0.1, 0.15) is 11.4 Å². The predicted molar refractivity (Wildman–Crippen MR) is 75.6 cm³/mol. The number of rotatable bonds is 3. The molecule has 6 nitrogen and oxygen atoms in total. The van der Waals surface area contributed by atoms with Gasteiger partial charge >= 0.3 is 0 Å². The molecule has 1 aromatic carbocycles. The third-order valence-electron chi connectivity index (χ3n) is 2.96. The van der Waals surface area contributed by atoms with E-state index in [1.165, 1.54) is 0 Å². The number of hydrogen-bond acceptors (Lipinski definition) is 5. The highest BCUT2D eigenvalue weighted by Crippen LogP contribution is 2.25. The Morgan fingerprint density at radius 2 is 1.95 bits per heavy atom. The molecule has 20 heavy (non-hydrogen) atoms. The Kier molecular flexibility index (Phi) is 3.04. The molecule has 2 aromatic heterocycles. The van der Waals surface area contributed by atoms with Gasteiger partial charge in [0.15, 0.2) is 5.82 Å². The van der Waals surface area contributed by atoms with Gasteiger partial charge in [-0.15, -0.1) is 5.10 Å². The summed E-state index contributed by atoms with van der Waals surface area (Å²) in [4.78, 5) is 3.98. The minimum Gasteiger partial charge on any atom is -0.497 e. The van der Waals surface area contributed by atoms with Crippen LogP contribution in [0.4, 0.5) is 5.82 Å². The lowest BCUT2D eigenvalue weighted by molar-refractivity contribution is 0.414. The van der Waals surface area contributed by atoms with Crippen molar-refractivity contribution in [2.24, 2.45) is 0 Å². The van der Waals surface area contributed by atoms with Crippen LogP contribution in [0, 0.1) is 0 Å². The fourth-order valence-corrected chi connectivity index (χ4v) is 1.94. The van der Waals surface area contributed by atoms with Crippen molar-refractivity contribution in [1.82, 2.24) is 20.0 Å². The van der Waals surface area contributed by atoms with Crippen molar-refractivity contribution < 1.29 is 4.74 Å². The molecule has 3 rings (SSSR count). The van der Waals surface area contributed by atoms with Gasteiger partial charge in [0.2, 0.25) is 0 Å². The molecule has 0 saturated carbocycles. The van der Waals surface area contributed by atoms with Gasteiger partial charge in [-0.1, -0.05) is 11.3 Å². The van der Waals surface area contributed by atoms with Crippen LogP contribution in [0.2, 0.25) is 0 Å². The Hall–Kier alpha value is -2.89. The molecule has 0 amide bonds. The van der Waals surface area contributed by atoms with Crippen molar-refractivity contribution >= 4 is 5.82 Å². The van der Waals surface area contributed by atoms with Crippen LogP contribution < -0.4 is 10.5 Å². The monoisotopic (exact) mass is 267 g/mol. The second-order valence-corrected chi connectivity index (χ2v) is 4.17. The first kappa shape index (κ1) is 12.2. The molecule has 0 aliphatic heterocycles. The molecule has 0 atom stereocenters. The Morgan fingerprint density at radius 1 is 1.15 bits per heavy atom. The molecular weight excluding hydrogens is 254 g/mol. The Balaban J connectivity index is 2.06. The molecule has 0 radical (unpaired) electrons. The third kappa shape index (κ3) is 2.07. The van der Waals surface area contributed by atoms with E-state index in [1.54, 1.807) is 24.2 Å². The van der Waals surface area contributed by atoms with Crippen LogP contribution in [0.1, 0.15) is 0 Å². The van der Waals surface area contributed by atoms with Gasteiger partial charge in [-0.05, 0) is 24.3 Å². The van der Waals surface area contributed by atoms with E-state index in [9.17, 15) is 0 Å². The quantitative estimate of drug-likeness (QED) is 0.784. The van der Waals surface area contributed by atoms with Gasteiger partial charge in [-0.3, -0.25) is 4.98 Å². The van der Waals surface area contributed by atoms with E-state index in [1.807, 2.05) is 36.4 Å². The molecule has 0 unspecified atom stereocenters. The SMILES string of the molecule is COc1cccc(-n2nnc(-c3ccncc3)c2N)c1. The summed E-state index contributed by atoms with van der Waals surface area (Å²) in [7, 11) is 1.62. The molecule has 0 spiro atoms. The Morgan fingerprint density at radius 3 is 2.70 bits per heavy atom. The van der Waals surface area contributed by atoms with Crippen molar-refractivity contribution in [3.8, 4) is 22.7 Å². The predicted octanol–water partition coefficient (Wildman–Crippen LogP) is 1.92. The summed E-state index contributed by atoms with van der Waals surface area (Å²) in [5.74, 6) is 1.22. The summed E-state index contributed by atoms with van der Waals surface area (Å²) in [6.07, 6.45) is 3.39. The highest BCUT2D eigenvalue weighted by atomic mass is 16.5. The molecule has 2 N–H and O–H groups in total. The van der Waals surface area contributed by atoms with Crippen molar-refractivity contribution in [2.75, 3.05) is 12.8 Å². The molecule has 0 fully saturated rings. The number of pyridine rings is 1. The van der Waals surface area contributed by atoms with E-state index in [-0.39, 0.29) is 0 Å². The number of benzene rings is 1. The maximum absolute atomic E-state index is 6.14.